The smallest absolute Gasteiger partial charge is 0.319 e. The summed E-state index contributed by atoms with van der Waals surface area (Å²) >= 11 is 0. The fourth-order valence-corrected chi connectivity index (χ4v) is 3.77. The number of aromatic nitrogens is 1. The highest BCUT2D eigenvalue weighted by molar-refractivity contribution is 6.00. The van der Waals surface area contributed by atoms with Crippen molar-refractivity contribution < 1.29 is 9.21 Å². The van der Waals surface area contributed by atoms with E-state index < -0.39 is 0 Å². The number of nitrogens with one attached hydrogen (secondary N) is 2. The van der Waals surface area contributed by atoms with Gasteiger partial charge in [0.25, 0.3) is 5.56 Å². The van der Waals surface area contributed by atoms with Gasteiger partial charge in [0.05, 0.1) is 18.5 Å². The summed E-state index contributed by atoms with van der Waals surface area (Å²) in [4.78, 5) is 27.7. The Balaban J connectivity index is 1.67. The number of nitrogens with zero attached hydrogens (tertiary/aromatic N) is 2. The molecule has 0 bridgehead atoms. The zero-order valence-corrected chi connectivity index (χ0v) is 19.4. The second-order valence-electron chi connectivity index (χ2n) is 8.63. The summed E-state index contributed by atoms with van der Waals surface area (Å²) < 4.78 is 7.16. The van der Waals surface area contributed by atoms with E-state index in [1.165, 1.54) is 0 Å². The molecule has 2 aromatic heterocycles. The number of carbonyl (C=O) groups excluding carboxylic acids is 1. The minimum atomic E-state index is -0.285. The summed E-state index contributed by atoms with van der Waals surface area (Å²) in [5, 5.41) is 7.24. The number of anilines is 1. The summed E-state index contributed by atoms with van der Waals surface area (Å²) in [7, 11) is 0. The number of hydrogen-bond acceptors (Lipinski definition) is 4. The van der Waals surface area contributed by atoms with Crippen LogP contribution in [-0.2, 0) is 13.1 Å². The van der Waals surface area contributed by atoms with Gasteiger partial charge in [0.15, 0.2) is 0 Å². The quantitative estimate of drug-likeness (QED) is 0.482. The summed E-state index contributed by atoms with van der Waals surface area (Å²) in [6.07, 6.45) is 4.43. The predicted octanol–water partition coefficient (Wildman–Crippen LogP) is 4.67. The molecule has 1 aromatic carbocycles. The molecule has 0 saturated heterocycles. The lowest BCUT2D eigenvalue weighted by Gasteiger charge is -2.27. The van der Waals surface area contributed by atoms with Gasteiger partial charge in [-0.3, -0.25) is 9.69 Å². The summed E-state index contributed by atoms with van der Waals surface area (Å²) in [5.41, 5.74) is 0.593. The second-order valence-corrected chi connectivity index (χ2v) is 8.63. The number of pyridine rings is 1. The van der Waals surface area contributed by atoms with Gasteiger partial charge >= 0.3 is 6.03 Å². The highest BCUT2D eigenvalue weighted by Crippen LogP contribution is 2.21. The van der Waals surface area contributed by atoms with Crippen LogP contribution in [0.2, 0.25) is 0 Å². The Kier molecular flexibility index (Phi) is 8.11. The van der Waals surface area contributed by atoms with E-state index in [1.54, 1.807) is 23.1 Å². The molecule has 32 heavy (non-hydrogen) atoms. The first kappa shape index (κ1) is 23.6. The number of urea groups is 1. The van der Waals surface area contributed by atoms with Crippen molar-refractivity contribution in [3.05, 3.63) is 65.0 Å². The Hall–Kier alpha value is -3.06. The molecule has 3 rings (SSSR count). The molecule has 0 aliphatic heterocycles. The minimum Gasteiger partial charge on any atom is -0.468 e. The molecule has 1 atom stereocenters. The molecular formula is C25H34N4O3. The van der Waals surface area contributed by atoms with Crippen molar-refractivity contribution in [2.75, 3.05) is 18.4 Å². The lowest BCUT2D eigenvalue weighted by atomic mass is 10.1. The van der Waals surface area contributed by atoms with E-state index in [-0.39, 0.29) is 11.6 Å². The van der Waals surface area contributed by atoms with Gasteiger partial charge in [-0.15, -0.1) is 0 Å². The van der Waals surface area contributed by atoms with Crippen molar-refractivity contribution in [1.82, 2.24) is 14.8 Å². The molecule has 0 spiro atoms. The zero-order chi connectivity index (χ0) is 23.1. The first-order chi connectivity index (χ1) is 15.4. The van der Waals surface area contributed by atoms with Crippen molar-refractivity contribution in [3.63, 3.8) is 0 Å². The normalized spacial score (nSPS) is 12.4. The van der Waals surface area contributed by atoms with Gasteiger partial charge < -0.3 is 19.6 Å². The molecule has 172 valence electrons. The number of hydrogen-bond donors (Lipinski definition) is 2. The molecule has 7 nitrogen and oxygen atoms in total. The molecule has 0 radical (unpaired) electrons. The molecule has 0 saturated carbocycles. The molecule has 0 fully saturated rings. The molecule has 0 aliphatic rings. The van der Waals surface area contributed by atoms with Gasteiger partial charge in [-0.1, -0.05) is 39.0 Å². The second kappa shape index (κ2) is 11.0. The van der Waals surface area contributed by atoms with Crippen LogP contribution < -0.4 is 16.2 Å². The van der Waals surface area contributed by atoms with Crippen LogP contribution in [-0.4, -0.2) is 34.6 Å². The highest BCUT2D eigenvalue weighted by atomic mass is 16.3. The standard InChI is InChI=1S/C25H34N4O3/c1-5-19(4)28(16-20-9-8-14-32-20)13-12-26-25(31)27-23-17-29(15-18(2)3)24(30)22-11-7-6-10-21(22)23/h6-11,14,17-19H,5,12-13,15-16H2,1-4H3,(H2,26,27,31). The molecule has 7 heteroatoms. The summed E-state index contributed by atoms with van der Waals surface area (Å²) in [6.45, 7) is 11.0. The third-order valence-corrected chi connectivity index (χ3v) is 5.64. The average Bonchev–Trinajstić information content (AvgIpc) is 3.28. The maximum atomic E-state index is 12.8. The maximum Gasteiger partial charge on any atom is 0.319 e. The molecule has 3 aromatic rings. The largest absolute Gasteiger partial charge is 0.468 e. The Morgan fingerprint density at radius 3 is 2.53 bits per heavy atom. The lowest BCUT2D eigenvalue weighted by molar-refractivity contribution is 0.181. The van der Waals surface area contributed by atoms with E-state index in [0.29, 0.717) is 49.2 Å². The molecule has 0 aliphatic carbocycles. The third-order valence-electron chi connectivity index (χ3n) is 5.64. The fraction of sp³-hybridized carbons (Fsp3) is 0.440. The SMILES string of the molecule is CCC(C)N(CCNC(=O)Nc1cn(CC(C)C)c(=O)c2ccccc12)Cc1ccco1. The number of fused-ring (bicyclic) bond motifs is 1. The minimum absolute atomic E-state index is 0.0395. The Morgan fingerprint density at radius 1 is 1.12 bits per heavy atom. The predicted molar refractivity (Wildman–Crippen MR) is 129 cm³/mol. The van der Waals surface area contributed by atoms with Gasteiger partial charge in [0.2, 0.25) is 0 Å². The molecule has 1 unspecified atom stereocenters. The van der Waals surface area contributed by atoms with E-state index in [0.717, 1.165) is 17.6 Å². The number of benzene rings is 1. The molecule has 2 amide bonds. The fourth-order valence-electron chi connectivity index (χ4n) is 3.77. The highest BCUT2D eigenvalue weighted by Gasteiger charge is 2.15. The zero-order valence-electron chi connectivity index (χ0n) is 19.4. The van der Waals surface area contributed by atoms with Crippen LogP contribution >= 0.6 is 0 Å². The summed E-state index contributed by atoms with van der Waals surface area (Å²) in [6, 6.07) is 11.3. The average molecular weight is 439 g/mol. The van der Waals surface area contributed by atoms with Crippen molar-refractivity contribution in [3.8, 4) is 0 Å². The first-order valence-electron chi connectivity index (χ1n) is 11.3. The molecule has 2 heterocycles. The maximum absolute atomic E-state index is 12.8. The van der Waals surface area contributed by atoms with Gasteiger partial charge in [-0.05, 0) is 37.5 Å². The van der Waals surface area contributed by atoms with Crippen LogP contribution in [0.25, 0.3) is 10.8 Å². The van der Waals surface area contributed by atoms with E-state index in [9.17, 15) is 9.59 Å². The number of carbonyl (C=O) groups is 1. The summed E-state index contributed by atoms with van der Waals surface area (Å²) in [5.74, 6) is 1.23. The lowest BCUT2D eigenvalue weighted by Crippen LogP contribution is -2.40. The van der Waals surface area contributed by atoms with E-state index in [1.807, 2.05) is 30.3 Å². The molecule has 2 N–H and O–H groups in total. The van der Waals surface area contributed by atoms with Gasteiger partial charge in [0, 0.05) is 42.6 Å². The van der Waals surface area contributed by atoms with Gasteiger partial charge in [-0.25, -0.2) is 4.79 Å². The van der Waals surface area contributed by atoms with Crippen LogP contribution in [0.1, 0.15) is 39.9 Å². The van der Waals surface area contributed by atoms with E-state index in [2.05, 4.69) is 43.2 Å². The third kappa shape index (κ3) is 6.01. The topological polar surface area (TPSA) is 79.5 Å². The van der Waals surface area contributed by atoms with Gasteiger partial charge in [-0.2, -0.15) is 0 Å². The first-order valence-corrected chi connectivity index (χ1v) is 11.3. The number of amides is 2. The van der Waals surface area contributed by atoms with E-state index >= 15 is 0 Å². The van der Waals surface area contributed by atoms with E-state index in [4.69, 9.17) is 4.42 Å². The van der Waals surface area contributed by atoms with Crippen LogP contribution in [0, 0.1) is 5.92 Å². The monoisotopic (exact) mass is 438 g/mol. The van der Waals surface area contributed by atoms with Crippen molar-refractivity contribution in [1.29, 1.82) is 0 Å². The van der Waals surface area contributed by atoms with Crippen molar-refractivity contribution in [2.24, 2.45) is 5.92 Å². The van der Waals surface area contributed by atoms with Gasteiger partial charge in [0.1, 0.15) is 5.76 Å². The van der Waals surface area contributed by atoms with Crippen molar-refractivity contribution >= 4 is 22.5 Å². The van der Waals surface area contributed by atoms with Crippen LogP contribution in [0.15, 0.2) is 58.1 Å². The Labute approximate surface area is 189 Å². The molecular weight excluding hydrogens is 404 g/mol. The number of furan rings is 1. The van der Waals surface area contributed by atoms with Crippen LogP contribution in [0.5, 0.6) is 0 Å². The van der Waals surface area contributed by atoms with Crippen LogP contribution in [0.3, 0.4) is 0 Å². The van der Waals surface area contributed by atoms with Crippen LogP contribution in [0.4, 0.5) is 10.5 Å². The Morgan fingerprint density at radius 2 is 1.88 bits per heavy atom. The Bertz CT molecular complexity index is 1070. The van der Waals surface area contributed by atoms with Crippen molar-refractivity contribution in [2.45, 2.75) is 53.2 Å². The number of rotatable bonds is 10.